The van der Waals surface area contributed by atoms with E-state index in [-0.39, 0.29) is 11.8 Å². The smallest absolute Gasteiger partial charge is 0.228 e. The SMILES string of the molecule is O=C([C@H]1CCOC1)N(Cc1ccc2c(c1)OCCO2)Cc1ccccn1. The topological polar surface area (TPSA) is 60.9 Å². The van der Waals surface area contributed by atoms with Crippen LogP contribution in [-0.4, -0.2) is 42.2 Å². The van der Waals surface area contributed by atoms with Gasteiger partial charge in [0.1, 0.15) is 13.2 Å². The minimum Gasteiger partial charge on any atom is -0.486 e. The normalized spacial score (nSPS) is 18.5. The molecule has 0 saturated carbocycles. The number of hydrogen-bond donors (Lipinski definition) is 0. The number of benzene rings is 1. The fourth-order valence-electron chi connectivity index (χ4n) is 3.29. The molecule has 1 amide bonds. The number of carbonyl (C=O) groups is 1. The number of nitrogens with zero attached hydrogens (tertiary/aromatic N) is 2. The molecule has 0 N–H and O–H groups in total. The van der Waals surface area contributed by atoms with Crippen molar-refractivity contribution < 1.29 is 19.0 Å². The van der Waals surface area contributed by atoms with Crippen LogP contribution < -0.4 is 9.47 Å². The monoisotopic (exact) mass is 354 g/mol. The van der Waals surface area contributed by atoms with Crippen LogP contribution in [0.25, 0.3) is 0 Å². The average Bonchev–Trinajstić information content (AvgIpc) is 3.22. The highest BCUT2D eigenvalue weighted by atomic mass is 16.6. The number of hydrogen-bond acceptors (Lipinski definition) is 5. The summed E-state index contributed by atoms with van der Waals surface area (Å²) >= 11 is 0. The van der Waals surface area contributed by atoms with E-state index in [2.05, 4.69) is 4.98 Å². The molecule has 1 fully saturated rings. The molecule has 3 heterocycles. The number of carbonyl (C=O) groups excluding carboxylic acids is 1. The molecule has 0 aliphatic carbocycles. The van der Waals surface area contributed by atoms with E-state index in [4.69, 9.17) is 14.2 Å². The lowest BCUT2D eigenvalue weighted by molar-refractivity contribution is -0.136. The van der Waals surface area contributed by atoms with E-state index in [9.17, 15) is 4.79 Å². The second-order valence-corrected chi connectivity index (χ2v) is 6.55. The lowest BCUT2D eigenvalue weighted by Gasteiger charge is -2.26. The number of ether oxygens (including phenoxy) is 3. The molecule has 26 heavy (non-hydrogen) atoms. The summed E-state index contributed by atoms with van der Waals surface area (Å²) in [4.78, 5) is 19.2. The summed E-state index contributed by atoms with van der Waals surface area (Å²) in [6.45, 7) is 3.24. The molecule has 0 unspecified atom stereocenters. The molecule has 2 aliphatic rings. The molecule has 1 saturated heterocycles. The fraction of sp³-hybridized carbons (Fsp3) is 0.400. The molecule has 1 aromatic carbocycles. The van der Waals surface area contributed by atoms with Crippen LogP contribution in [0.4, 0.5) is 0 Å². The molecule has 2 aromatic rings. The highest BCUT2D eigenvalue weighted by Crippen LogP contribution is 2.31. The van der Waals surface area contributed by atoms with Gasteiger partial charge in [-0.25, -0.2) is 0 Å². The molecular weight excluding hydrogens is 332 g/mol. The Morgan fingerprint density at radius 2 is 1.96 bits per heavy atom. The third kappa shape index (κ3) is 3.80. The maximum atomic E-state index is 13.0. The Bertz CT molecular complexity index is 760. The number of fused-ring (bicyclic) bond motifs is 1. The average molecular weight is 354 g/mol. The van der Waals surface area contributed by atoms with E-state index in [1.54, 1.807) is 6.20 Å². The van der Waals surface area contributed by atoms with Crippen molar-refractivity contribution in [3.63, 3.8) is 0 Å². The Morgan fingerprint density at radius 3 is 2.73 bits per heavy atom. The summed E-state index contributed by atoms with van der Waals surface area (Å²) in [6, 6.07) is 11.6. The van der Waals surface area contributed by atoms with Crippen molar-refractivity contribution in [2.24, 2.45) is 5.92 Å². The van der Waals surface area contributed by atoms with Crippen LogP contribution in [0.1, 0.15) is 17.7 Å². The fourth-order valence-corrected chi connectivity index (χ4v) is 3.29. The van der Waals surface area contributed by atoms with Crippen molar-refractivity contribution in [3.05, 3.63) is 53.9 Å². The van der Waals surface area contributed by atoms with E-state index >= 15 is 0 Å². The van der Waals surface area contributed by atoms with E-state index < -0.39 is 0 Å². The van der Waals surface area contributed by atoms with E-state index in [0.29, 0.717) is 39.5 Å². The van der Waals surface area contributed by atoms with Gasteiger partial charge < -0.3 is 19.1 Å². The van der Waals surface area contributed by atoms with E-state index in [1.807, 2.05) is 41.3 Å². The second-order valence-electron chi connectivity index (χ2n) is 6.55. The van der Waals surface area contributed by atoms with Gasteiger partial charge in [0.15, 0.2) is 11.5 Å². The standard InChI is InChI=1S/C20H22N2O4/c23-20(16-6-8-24-14-16)22(13-17-3-1-2-7-21-17)12-15-4-5-18-19(11-15)26-10-9-25-18/h1-5,7,11,16H,6,8-10,12-14H2/t16-/m0/s1. The summed E-state index contributed by atoms with van der Waals surface area (Å²) in [5, 5.41) is 0. The molecule has 4 rings (SSSR count). The van der Waals surface area contributed by atoms with Crippen LogP contribution >= 0.6 is 0 Å². The van der Waals surface area contributed by atoms with Crippen molar-refractivity contribution in [2.45, 2.75) is 19.5 Å². The van der Waals surface area contributed by atoms with E-state index in [0.717, 1.165) is 29.2 Å². The van der Waals surface area contributed by atoms with Crippen LogP contribution in [0.5, 0.6) is 11.5 Å². The predicted octanol–water partition coefficient (Wildman–Crippen LogP) is 2.42. The summed E-state index contributed by atoms with van der Waals surface area (Å²) in [5.74, 6) is 1.54. The highest BCUT2D eigenvalue weighted by molar-refractivity contribution is 5.79. The van der Waals surface area contributed by atoms with Crippen molar-refractivity contribution >= 4 is 5.91 Å². The first-order valence-electron chi connectivity index (χ1n) is 8.94. The predicted molar refractivity (Wildman–Crippen MR) is 94.8 cm³/mol. The molecule has 1 atom stereocenters. The first-order valence-corrected chi connectivity index (χ1v) is 8.94. The lowest BCUT2D eigenvalue weighted by Crippen LogP contribution is -2.35. The molecule has 0 radical (unpaired) electrons. The largest absolute Gasteiger partial charge is 0.486 e. The van der Waals surface area contributed by atoms with Gasteiger partial charge in [0, 0.05) is 19.3 Å². The Kier molecular flexibility index (Phi) is 5.02. The number of pyridine rings is 1. The minimum absolute atomic E-state index is 0.0732. The maximum Gasteiger partial charge on any atom is 0.228 e. The third-order valence-corrected chi connectivity index (χ3v) is 4.65. The van der Waals surface area contributed by atoms with Crippen LogP contribution in [0.2, 0.25) is 0 Å². The Morgan fingerprint density at radius 1 is 1.08 bits per heavy atom. The lowest BCUT2D eigenvalue weighted by atomic mass is 10.1. The first-order chi connectivity index (χ1) is 12.8. The summed E-state index contributed by atoms with van der Waals surface area (Å²) < 4.78 is 16.6. The zero-order valence-electron chi connectivity index (χ0n) is 14.6. The van der Waals surface area contributed by atoms with Gasteiger partial charge in [-0.3, -0.25) is 9.78 Å². The first kappa shape index (κ1) is 16.8. The maximum absolute atomic E-state index is 13.0. The molecule has 1 aromatic heterocycles. The Balaban J connectivity index is 1.54. The van der Waals surface area contributed by atoms with Crippen LogP contribution in [0.3, 0.4) is 0 Å². The zero-order chi connectivity index (χ0) is 17.8. The molecule has 2 aliphatic heterocycles. The van der Waals surface area contributed by atoms with Gasteiger partial charge in [0.2, 0.25) is 5.91 Å². The Hall–Kier alpha value is -2.60. The van der Waals surface area contributed by atoms with Crippen LogP contribution in [0.15, 0.2) is 42.6 Å². The molecule has 0 bridgehead atoms. The second kappa shape index (κ2) is 7.74. The van der Waals surface area contributed by atoms with Gasteiger partial charge in [-0.15, -0.1) is 0 Å². The molecule has 136 valence electrons. The van der Waals surface area contributed by atoms with Gasteiger partial charge in [-0.05, 0) is 36.2 Å². The number of amides is 1. The number of aromatic nitrogens is 1. The third-order valence-electron chi connectivity index (χ3n) is 4.65. The van der Waals surface area contributed by atoms with Crippen molar-refractivity contribution in [3.8, 4) is 11.5 Å². The van der Waals surface area contributed by atoms with Crippen molar-refractivity contribution in [1.29, 1.82) is 0 Å². The van der Waals surface area contributed by atoms with Crippen LogP contribution in [-0.2, 0) is 22.6 Å². The summed E-state index contributed by atoms with van der Waals surface area (Å²) in [7, 11) is 0. The molecule has 6 nitrogen and oxygen atoms in total. The molecule has 0 spiro atoms. The van der Waals surface area contributed by atoms with Gasteiger partial charge in [0.25, 0.3) is 0 Å². The van der Waals surface area contributed by atoms with Gasteiger partial charge in [0.05, 0.1) is 24.8 Å². The highest BCUT2D eigenvalue weighted by Gasteiger charge is 2.28. The molecule has 6 heteroatoms. The summed E-state index contributed by atoms with van der Waals surface area (Å²) in [6.07, 6.45) is 2.53. The van der Waals surface area contributed by atoms with Crippen molar-refractivity contribution in [2.75, 3.05) is 26.4 Å². The minimum atomic E-state index is -0.0732. The van der Waals surface area contributed by atoms with E-state index in [1.165, 1.54) is 0 Å². The van der Waals surface area contributed by atoms with Gasteiger partial charge >= 0.3 is 0 Å². The summed E-state index contributed by atoms with van der Waals surface area (Å²) in [5.41, 5.74) is 1.88. The number of rotatable bonds is 5. The van der Waals surface area contributed by atoms with Crippen LogP contribution in [0, 0.1) is 5.92 Å². The van der Waals surface area contributed by atoms with Gasteiger partial charge in [-0.2, -0.15) is 0 Å². The quantitative estimate of drug-likeness (QED) is 0.825. The Labute approximate surface area is 152 Å². The van der Waals surface area contributed by atoms with Gasteiger partial charge in [-0.1, -0.05) is 12.1 Å². The zero-order valence-corrected chi connectivity index (χ0v) is 14.6. The molecular formula is C20H22N2O4. The van der Waals surface area contributed by atoms with Crippen molar-refractivity contribution in [1.82, 2.24) is 9.88 Å².